The van der Waals surface area contributed by atoms with Crippen molar-refractivity contribution in [3.8, 4) is 0 Å². The third-order valence-corrected chi connectivity index (χ3v) is 1.08. The van der Waals surface area contributed by atoms with Crippen LogP contribution in [0.15, 0.2) is 11.8 Å². The van der Waals surface area contributed by atoms with E-state index in [1.807, 2.05) is 0 Å². The molecule has 0 spiro atoms. The first-order chi connectivity index (χ1) is 4.63. The van der Waals surface area contributed by atoms with E-state index in [1.54, 1.807) is 0 Å². The van der Waals surface area contributed by atoms with Crippen LogP contribution in [0.4, 0.5) is 0 Å². The molecule has 0 aromatic heterocycles. The third-order valence-electron chi connectivity index (χ3n) is 1.08. The second-order valence-corrected chi connectivity index (χ2v) is 1.73. The third kappa shape index (κ3) is 0.812. The Hall–Kier alpha value is -1.52. The van der Waals surface area contributed by atoms with Crippen LogP contribution in [0.3, 0.4) is 0 Å². The molecular formula is C5H4O5. The smallest absolute Gasteiger partial charge is 0.350 e. The summed E-state index contributed by atoms with van der Waals surface area (Å²) in [6.45, 7) is 0. The second-order valence-electron chi connectivity index (χ2n) is 1.73. The second kappa shape index (κ2) is 2.02. The molecule has 0 fully saturated rings. The van der Waals surface area contributed by atoms with Crippen LogP contribution < -0.4 is 0 Å². The van der Waals surface area contributed by atoms with Gasteiger partial charge in [0.2, 0.25) is 6.10 Å². The van der Waals surface area contributed by atoms with E-state index < -0.39 is 18.0 Å². The summed E-state index contributed by atoms with van der Waals surface area (Å²) in [6.07, 6.45) is -0.362. The van der Waals surface area contributed by atoms with E-state index in [1.165, 1.54) is 0 Å². The van der Waals surface area contributed by atoms with Crippen molar-refractivity contribution < 1.29 is 24.5 Å². The van der Waals surface area contributed by atoms with Crippen molar-refractivity contribution >= 4 is 11.9 Å². The van der Waals surface area contributed by atoms with E-state index >= 15 is 0 Å². The van der Waals surface area contributed by atoms with E-state index in [0.29, 0.717) is 0 Å². The molecule has 1 aliphatic rings. The molecule has 0 aromatic carbocycles. The molecule has 0 aromatic rings. The Labute approximate surface area is 55.5 Å². The molecule has 1 aliphatic heterocycles. The van der Waals surface area contributed by atoms with Crippen molar-refractivity contribution in [3.63, 3.8) is 0 Å². The maximum Gasteiger partial charge on any atom is 0.350 e. The number of carboxylic acids is 2. The van der Waals surface area contributed by atoms with Crippen molar-refractivity contribution in [2.24, 2.45) is 0 Å². The highest BCUT2D eigenvalue weighted by atomic mass is 16.5. The highest BCUT2D eigenvalue weighted by Gasteiger charge is 2.35. The lowest BCUT2D eigenvalue weighted by Crippen LogP contribution is -2.35. The monoisotopic (exact) mass is 144 g/mol. The molecule has 0 aliphatic carbocycles. The summed E-state index contributed by atoms with van der Waals surface area (Å²) >= 11 is 0. The number of aliphatic carboxylic acids is 2. The predicted molar refractivity (Wildman–Crippen MR) is 28.2 cm³/mol. The van der Waals surface area contributed by atoms with Crippen LogP contribution >= 0.6 is 0 Å². The quantitative estimate of drug-likeness (QED) is 0.542. The van der Waals surface area contributed by atoms with Crippen molar-refractivity contribution in [1.82, 2.24) is 0 Å². The van der Waals surface area contributed by atoms with E-state index in [0.717, 1.165) is 6.26 Å². The summed E-state index contributed by atoms with van der Waals surface area (Å²) in [5, 5.41) is 16.5. The maximum atomic E-state index is 10.1. The van der Waals surface area contributed by atoms with Crippen LogP contribution in [0.25, 0.3) is 0 Å². The lowest BCUT2D eigenvalue weighted by atomic mass is 10.1. The summed E-state index contributed by atoms with van der Waals surface area (Å²) in [5.74, 6) is -2.53. The van der Waals surface area contributed by atoms with Gasteiger partial charge in [0.05, 0.1) is 6.26 Å². The molecule has 0 saturated carbocycles. The Morgan fingerprint density at radius 3 is 2.20 bits per heavy atom. The Morgan fingerprint density at radius 2 is 2.10 bits per heavy atom. The molecule has 1 atom stereocenters. The molecule has 10 heavy (non-hydrogen) atoms. The fraction of sp³-hybridized carbons (Fsp3) is 0.200. The Morgan fingerprint density at radius 1 is 1.50 bits per heavy atom. The van der Waals surface area contributed by atoms with Crippen molar-refractivity contribution in [2.45, 2.75) is 6.10 Å². The molecule has 54 valence electrons. The van der Waals surface area contributed by atoms with Crippen LogP contribution in [-0.2, 0) is 14.3 Å². The van der Waals surface area contributed by atoms with Gasteiger partial charge in [-0.1, -0.05) is 0 Å². The maximum absolute atomic E-state index is 10.1. The first-order valence-corrected chi connectivity index (χ1v) is 2.44. The summed E-state index contributed by atoms with van der Waals surface area (Å²) in [5.41, 5.74) is -0.215. The number of carboxylic acid groups (broad SMARTS) is 2. The Balaban J connectivity index is 2.67. The van der Waals surface area contributed by atoms with Gasteiger partial charge >= 0.3 is 11.9 Å². The van der Waals surface area contributed by atoms with Gasteiger partial charge in [0.25, 0.3) is 0 Å². The van der Waals surface area contributed by atoms with Gasteiger partial charge in [0, 0.05) is 0 Å². The Bertz CT molecular complexity index is 216. The minimum Gasteiger partial charge on any atom is -0.480 e. The number of hydrogen-bond acceptors (Lipinski definition) is 3. The predicted octanol–water partition coefficient (Wildman–Crippen LogP) is -0.562. The van der Waals surface area contributed by atoms with Crippen LogP contribution in [-0.4, -0.2) is 28.3 Å². The van der Waals surface area contributed by atoms with Crippen molar-refractivity contribution in [3.05, 3.63) is 11.8 Å². The highest BCUT2D eigenvalue weighted by molar-refractivity contribution is 5.96. The summed E-state index contributed by atoms with van der Waals surface area (Å²) in [6, 6.07) is 0. The van der Waals surface area contributed by atoms with Crippen molar-refractivity contribution in [1.29, 1.82) is 0 Å². The molecule has 5 nitrogen and oxygen atoms in total. The molecule has 0 saturated heterocycles. The number of hydrogen-bond donors (Lipinski definition) is 2. The molecule has 1 unspecified atom stereocenters. The normalized spacial score (nSPS) is 22.0. The van der Waals surface area contributed by atoms with E-state index in [9.17, 15) is 9.59 Å². The molecule has 0 amide bonds. The fourth-order valence-corrected chi connectivity index (χ4v) is 0.558. The minimum atomic E-state index is -1.28. The van der Waals surface area contributed by atoms with Crippen LogP contribution in [0.2, 0.25) is 0 Å². The van der Waals surface area contributed by atoms with E-state index in [4.69, 9.17) is 10.2 Å². The van der Waals surface area contributed by atoms with Gasteiger partial charge in [-0.15, -0.1) is 0 Å². The number of rotatable bonds is 2. The molecule has 0 radical (unpaired) electrons. The molecule has 0 bridgehead atoms. The molecule has 2 N–H and O–H groups in total. The summed E-state index contributed by atoms with van der Waals surface area (Å²) < 4.78 is 4.32. The van der Waals surface area contributed by atoms with Gasteiger partial charge in [-0.2, -0.15) is 0 Å². The highest BCUT2D eigenvalue weighted by Crippen LogP contribution is 2.17. The molecule has 1 heterocycles. The topological polar surface area (TPSA) is 83.8 Å². The molecule has 5 heteroatoms. The minimum absolute atomic E-state index is 0.215. The SMILES string of the molecule is O=C(O)C1=COC1C(=O)O. The zero-order chi connectivity index (χ0) is 7.72. The zero-order valence-electron chi connectivity index (χ0n) is 4.77. The summed E-state index contributed by atoms with van der Waals surface area (Å²) in [4.78, 5) is 20.2. The summed E-state index contributed by atoms with van der Waals surface area (Å²) in [7, 11) is 0. The molecular weight excluding hydrogens is 140 g/mol. The van der Waals surface area contributed by atoms with Crippen LogP contribution in [0.1, 0.15) is 0 Å². The van der Waals surface area contributed by atoms with Gasteiger partial charge in [-0.25, -0.2) is 9.59 Å². The van der Waals surface area contributed by atoms with Crippen molar-refractivity contribution in [2.75, 3.05) is 0 Å². The molecule has 1 rings (SSSR count). The first-order valence-electron chi connectivity index (χ1n) is 2.44. The number of ether oxygens (including phenoxy) is 1. The van der Waals surface area contributed by atoms with E-state index in [2.05, 4.69) is 4.74 Å². The fourth-order valence-electron chi connectivity index (χ4n) is 0.558. The van der Waals surface area contributed by atoms with Gasteiger partial charge in [-0.3, -0.25) is 0 Å². The lowest BCUT2D eigenvalue weighted by molar-refractivity contribution is -0.151. The average molecular weight is 144 g/mol. The number of carbonyl (C=O) groups is 2. The van der Waals surface area contributed by atoms with Gasteiger partial charge in [0.15, 0.2) is 0 Å². The van der Waals surface area contributed by atoms with Crippen LogP contribution in [0.5, 0.6) is 0 Å². The lowest BCUT2D eigenvalue weighted by Gasteiger charge is -2.20. The van der Waals surface area contributed by atoms with Gasteiger partial charge in [-0.05, 0) is 0 Å². The standard InChI is InChI=1S/C5H4O5/c6-4(7)2-1-10-3(2)5(8)9/h1,3H,(H,6,7)(H,8,9). The van der Waals surface area contributed by atoms with Gasteiger partial charge < -0.3 is 14.9 Å². The van der Waals surface area contributed by atoms with E-state index in [-0.39, 0.29) is 5.57 Å². The zero-order valence-corrected chi connectivity index (χ0v) is 4.77. The Kier molecular flexibility index (Phi) is 1.33. The van der Waals surface area contributed by atoms with Crippen LogP contribution in [0, 0.1) is 0 Å². The van der Waals surface area contributed by atoms with Gasteiger partial charge in [0.1, 0.15) is 5.57 Å². The largest absolute Gasteiger partial charge is 0.480 e. The first kappa shape index (κ1) is 6.60. The average Bonchev–Trinajstić information content (AvgIpc) is 1.56.